The molecule has 2 nitrogen and oxygen atoms in total. The normalized spacial score (nSPS) is 12.4. The van der Waals surface area contributed by atoms with E-state index in [1.807, 2.05) is 13.0 Å². The van der Waals surface area contributed by atoms with Gasteiger partial charge in [0.05, 0.1) is 6.04 Å². The molecule has 0 spiro atoms. The van der Waals surface area contributed by atoms with Crippen LogP contribution in [0.15, 0.2) is 42.7 Å². The zero-order valence-electron chi connectivity index (χ0n) is 9.02. The summed E-state index contributed by atoms with van der Waals surface area (Å²) in [6.45, 7) is 1.94. The van der Waals surface area contributed by atoms with Gasteiger partial charge in [0.1, 0.15) is 5.82 Å². The van der Waals surface area contributed by atoms with E-state index in [0.717, 1.165) is 11.1 Å². The molecule has 0 aliphatic heterocycles. The molecular weight excluding hydrogens is 203 g/mol. The van der Waals surface area contributed by atoms with E-state index < -0.39 is 6.04 Å². The van der Waals surface area contributed by atoms with E-state index >= 15 is 0 Å². The van der Waals surface area contributed by atoms with Crippen molar-refractivity contribution >= 4 is 0 Å². The Bertz CT molecular complexity index is 451. The number of benzene rings is 1. The van der Waals surface area contributed by atoms with Crippen molar-refractivity contribution in [3.8, 4) is 0 Å². The molecule has 0 aliphatic carbocycles. The van der Waals surface area contributed by atoms with Crippen LogP contribution < -0.4 is 5.73 Å². The zero-order valence-corrected chi connectivity index (χ0v) is 9.02. The van der Waals surface area contributed by atoms with E-state index in [4.69, 9.17) is 5.73 Å². The maximum absolute atomic E-state index is 13.6. The summed E-state index contributed by atoms with van der Waals surface area (Å²) in [5.41, 5.74) is 8.41. The number of hydrogen-bond donors (Lipinski definition) is 1. The molecule has 0 saturated carbocycles. The summed E-state index contributed by atoms with van der Waals surface area (Å²) < 4.78 is 13.6. The van der Waals surface area contributed by atoms with Gasteiger partial charge in [-0.25, -0.2) is 4.39 Å². The highest BCUT2D eigenvalue weighted by Gasteiger charge is 2.14. The Morgan fingerprint density at radius 1 is 1.19 bits per heavy atom. The topological polar surface area (TPSA) is 38.9 Å². The predicted octanol–water partition coefficient (Wildman–Crippen LogP) is 2.58. The highest BCUT2D eigenvalue weighted by molar-refractivity contribution is 5.34. The smallest absolute Gasteiger partial charge is 0.128 e. The van der Waals surface area contributed by atoms with Gasteiger partial charge in [0.2, 0.25) is 0 Å². The molecule has 2 aromatic rings. The van der Waals surface area contributed by atoms with Crippen LogP contribution in [-0.2, 0) is 0 Å². The van der Waals surface area contributed by atoms with E-state index in [0.29, 0.717) is 5.56 Å². The summed E-state index contributed by atoms with van der Waals surface area (Å²) in [5, 5.41) is 0. The Balaban J connectivity index is 2.44. The third-order valence-electron chi connectivity index (χ3n) is 2.65. The van der Waals surface area contributed by atoms with E-state index in [-0.39, 0.29) is 5.82 Å². The summed E-state index contributed by atoms with van der Waals surface area (Å²) in [4.78, 5) is 4.02. The number of hydrogen-bond acceptors (Lipinski definition) is 2. The van der Waals surface area contributed by atoms with Crippen LogP contribution in [0.25, 0.3) is 0 Å². The van der Waals surface area contributed by atoms with Crippen molar-refractivity contribution in [2.75, 3.05) is 0 Å². The monoisotopic (exact) mass is 216 g/mol. The SMILES string of the molecule is Cc1ccncc1C(N)c1ccccc1F. The van der Waals surface area contributed by atoms with Crippen LogP contribution in [0.4, 0.5) is 4.39 Å². The molecule has 3 heteroatoms. The number of aromatic nitrogens is 1. The lowest BCUT2D eigenvalue weighted by Gasteiger charge is -2.15. The first-order valence-corrected chi connectivity index (χ1v) is 5.10. The first-order valence-electron chi connectivity index (χ1n) is 5.10. The van der Waals surface area contributed by atoms with Gasteiger partial charge in [-0.1, -0.05) is 18.2 Å². The Morgan fingerprint density at radius 3 is 2.62 bits per heavy atom. The minimum Gasteiger partial charge on any atom is -0.320 e. The molecule has 0 fully saturated rings. The Morgan fingerprint density at radius 2 is 1.94 bits per heavy atom. The van der Waals surface area contributed by atoms with Crippen molar-refractivity contribution in [1.82, 2.24) is 4.98 Å². The number of aryl methyl sites for hydroxylation is 1. The number of rotatable bonds is 2. The molecule has 82 valence electrons. The summed E-state index contributed by atoms with van der Waals surface area (Å²) in [7, 11) is 0. The average molecular weight is 216 g/mol. The van der Waals surface area contributed by atoms with E-state index in [1.165, 1.54) is 6.07 Å². The van der Waals surface area contributed by atoms with Gasteiger partial charge in [-0.3, -0.25) is 4.98 Å². The van der Waals surface area contributed by atoms with Crippen LogP contribution in [0.5, 0.6) is 0 Å². The molecule has 0 bridgehead atoms. The third-order valence-corrected chi connectivity index (χ3v) is 2.65. The van der Waals surface area contributed by atoms with E-state index in [9.17, 15) is 4.39 Å². The first-order chi connectivity index (χ1) is 7.70. The second kappa shape index (κ2) is 4.41. The maximum Gasteiger partial charge on any atom is 0.128 e. The molecule has 1 atom stereocenters. The summed E-state index contributed by atoms with van der Waals surface area (Å²) in [5.74, 6) is -0.279. The summed E-state index contributed by atoms with van der Waals surface area (Å²) in [6.07, 6.45) is 3.39. The van der Waals surface area contributed by atoms with Crippen LogP contribution in [0, 0.1) is 12.7 Å². The molecule has 0 saturated heterocycles. The van der Waals surface area contributed by atoms with Crippen molar-refractivity contribution in [2.45, 2.75) is 13.0 Å². The lowest BCUT2D eigenvalue weighted by atomic mass is 9.97. The molecular formula is C13H13FN2. The molecule has 1 unspecified atom stereocenters. The molecule has 0 radical (unpaired) electrons. The van der Waals surface area contributed by atoms with Crippen molar-refractivity contribution in [3.05, 3.63) is 65.2 Å². The van der Waals surface area contributed by atoms with Gasteiger partial charge in [0.25, 0.3) is 0 Å². The van der Waals surface area contributed by atoms with E-state index in [2.05, 4.69) is 4.98 Å². The Kier molecular flexibility index (Phi) is 2.97. The van der Waals surface area contributed by atoms with Gasteiger partial charge in [-0.15, -0.1) is 0 Å². The number of pyridine rings is 1. The van der Waals surface area contributed by atoms with Crippen LogP contribution in [0.3, 0.4) is 0 Å². The molecule has 1 aromatic heterocycles. The quantitative estimate of drug-likeness (QED) is 0.838. The summed E-state index contributed by atoms with van der Waals surface area (Å²) in [6, 6.07) is 7.96. The van der Waals surface area contributed by atoms with Crippen molar-refractivity contribution in [1.29, 1.82) is 0 Å². The molecule has 0 amide bonds. The molecule has 16 heavy (non-hydrogen) atoms. The predicted molar refractivity (Wildman–Crippen MR) is 61.4 cm³/mol. The highest BCUT2D eigenvalue weighted by Crippen LogP contribution is 2.23. The van der Waals surface area contributed by atoms with Crippen molar-refractivity contribution < 1.29 is 4.39 Å². The largest absolute Gasteiger partial charge is 0.320 e. The lowest BCUT2D eigenvalue weighted by Crippen LogP contribution is -2.15. The fraction of sp³-hybridized carbons (Fsp3) is 0.154. The molecule has 1 heterocycles. The van der Waals surface area contributed by atoms with Crippen LogP contribution in [0.1, 0.15) is 22.7 Å². The minimum absolute atomic E-state index is 0.279. The number of nitrogens with two attached hydrogens (primary N) is 1. The number of halogens is 1. The molecule has 0 aliphatic rings. The molecule has 2 N–H and O–H groups in total. The second-order valence-corrected chi connectivity index (χ2v) is 3.73. The van der Waals surface area contributed by atoms with Crippen molar-refractivity contribution in [2.24, 2.45) is 5.73 Å². The van der Waals surface area contributed by atoms with Gasteiger partial charge in [-0.05, 0) is 30.2 Å². The third kappa shape index (κ3) is 1.95. The van der Waals surface area contributed by atoms with Gasteiger partial charge in [0.15, 0.2) is 0 Å². The van der Waals surface area contributed by atoms with Gasteiger partial charge < -0.3 is 5.73 Å². The fourth-order valence-electron chi connectivity index (χ4n) is 1.70. The minimum atomic E-state index is -0.463. The molecule has 2 rings (SSSR count). The highest BCUT2D eigenvalue weighted by atomic mass is 19.1. The average Bonchev–Trinajstić information content (AvgIpc) is 2.29. The Labute approximate surface area is 93.9 Å². The van der Waals surface area contributed by atoms with Crippen LogP contribution >= 0.6 is 0 Å². The fourth-order valence-corrected chi connectivity index (χ4v) is 1.70. The van der Waals surface area contributed by atoms with Crippen molar-refractivity contribution in [3.63, 3.8) is 0 Å². The lowest BCUT2D eigenvalue weighted by molar-refractivity contribution is 0.599. The Hall–Kier alpha value is -1.74. The summed E-state index contributed by atoms with van der Waals surface area (Å²) >= 11 is 0. The van der Waals surface area contributed by atoms with Crippen LogP contribution in [0.2, 0.25) is 0 Å². The maximum atomic E-state index is 13.6. The van der Waals surface area contributed by atoms with Gasteiger partial charge >= 0.3 is 0 Å². The standard InChI is InChI=1S/C13H13FN2/c1-9-6-7-16-8-11(9)13(15)10-4-2-3-5-12(10)14/h2-8,13H,15H2,1H3. The molecule has 1 aromatic carbocycles. The van der Waals surface area contributed by atoms with E-state index in [1.54, 1.807) is 30.6 Å². The number of nitrogens with zero attached hydrogens (tertiary/aromatic N) is 1. The second-order valence-electron chi connectivity index (χ2n) is 3.73. The zero-order chi connectivity index (χ0) is 11.5. The van der Waals surface area contributed by atoms with Gasteiger partial charge in [-0.2, -0.15) is 0 Å². The van der Waals surface area contributed by atoms with Gasteiger partial charge in [0, 0.05) is 18.0 Å². The van der Waals surface area contributed by atoms with Crippen LogP contribution in [-0.4, -0.2) is 4.98 Å². The first kappa shape index (κ1) is 10.8.